The number of aryl methyl sites for hydroxylation is 1. The topological polar surface area (TPSA) is 101 Å². The molecule has 1 aromatic heterocycles. The van der Waals surface area contributed by atoms with Gasteiger partial charge in [-0.2, -0.15) is 0 Å². The zero-order valence-electron chi connectivity index (χ0n) is 15.7. The molecule has 2 atom stereocenters. The predicted molar refractivity (Wildman–Crippen MR) is 109 cm³/mol. The monoisotopic (exact) mass is 441 g/mol. The van der Waals surface area contributed by atoms with Crippen LogP contribution in [-0.2, 0) is 4.79 Å². The first kappa shape index (κ1) is 22.8. The summed E-state index contributed by atoms with van der Waals surface area (Å²) in [4.78, 5) is 28.1. The Morgan fingerprint density at radius 2 is 2.24 bits per heavy atom. The van der Waals surface area contributed by atoms with E-state index in [0.717, 1.165) is 11.1 Å². The van der Waals surface area contributed by atoms with Gasteiger partial charge in [-0.05, 0) is 25.5 Å². The average molecular weight is 442 g/mol. The van der Waals surface area contributed by atoms with Gasteiger partial charge in [-0.15, -0.1) is 17.9 Å². The lowest BCUT2D eigenvalue weighted by molar-refractivity contribution is -0.123. The second kappa shape index (κ2) is 10.9. The van der Waals surface area contributed by atoms with E-state index in [0.29, 0.717) is 5.69 Å². The molecule has 0 spiro atoms. The Bertz CT molecular complexity index is 877. The summed E-state index contributed by atoms with van der Waals surface area (Å²) in [5.74, 6) is -1.34. The summed E-state index contributed by atoms with van der Waals surface area (Å²) in [6.07, 6.45) is 0.731. The molecular weight excluding hydrogens is 421 g/mol. The number of ether oxygens (including phenoxy) is 1. The number of hydrogen-bond donors (Lipinski definition) is 3. The number of carbonyl (C=O) groups excluding carboxylic acids is 2. The normalized spacial score (nSPS) is 12.7. The molecule has 0 aliphatic carbocycles. The zero-order chi connectivity index (χ0) is 21.4. The molecular formula is C19H21ClFN3O4S. The molecule has 0 saturated carbocycles. The van der Waals surface area contributed by atoms with Gasteiger partial charge in [-0.1, -0.05) is 17.7 Å². The van der Waals surface area contributed by atoms with E-state index in [9.17, 15) is 19.1 Å². The molecule has 0 aliphatic rings. The number of amides is 2. The molecule has 1 heterocycles. The van der Waals surface area contributed by atoms with E-state index >= 15 is 0 Å². The Balaban J connectivity index is 1.73. The van der Waals surface area contributed by atoms with Crippen molar-refractivity contribution in [3.8, 4) is 5.75 Å². The lowest BCUT2D eigenvalue weighted by Gasteiger charge is -2.18. The van der Waals surface area contributed by atoms with Crippen LogP contribution >= 0.6 is 22.9 Å². The fourth-order valence-electron chi connectivity index (χ4n) is 2.30. The van der Waals surface area contributed by atoms with Crippen LogP contribution in [0.2, 0.25) is 5.02 Å². The first-order chi connectivity index (χ1) is 13.8. The Hall–Kier alpha value is -2.49. The lowest BCUT2D eigenvalue weighted by Crippen LogP contribution is -2.40. The van der Waals surface area contributed by atoms with Crippen molar-refractivity contribution < 1.29 is 23.8 Å². The molecule has 2 rings (SSSR count). The maximum absolute atomic E-state index is 13.3. The molecule has 0 aliphatic heterocycles. The Morgan fingerprint density at radius 3 is 2.86 bits per heavy atom. The molecule has 2 aromatic rings. The molecule has 156 valence electrons. The summed E-state index contributed by atoms with van der Waals surface area (Å²) in [5.41, 5.74) is 0.304. The minimum atomic E-state index is -0.924. The second-order valence-corrected chi connectivity index (χ2v) is 7.60. The second-order valence-electron chi connectivity index (χ2n) is 6.13. The van der Waals surface area contributed by atoms with Crippen molar-refractivity contribution in [2.45, 2.75) is 25.5 Å². The van der Waals surface area contributed by atoms with Crippen molar-refractivity contribution in [1.29, 1.82) is 0 Å². The Morgan fingerprint density at radius 1 is 1.48 bits per heavy atom. The lowest BCUT2D eigenvalue weighted by atomic mass is 10.1. The molecule has 0 bridgehead atoms. The van der Waals surface area contributed by atoms with Crippen molar-refractivity contribution >= 4 is 34.8 Å². The highest BCUT2D eigenvalue weighted by molar-refractivity contribution is 7.09. The third-order valence-electron chi connectivity index (χ3n) is 3.77. The van der Waals surface area contributed by atoms with Crippen molar-refractivity contribution in [1.82, 2.24) is 15.6 Å². The number of halogens is 2. The molecule has 10 heteroatoms. The highest BCUT2D eigenvalue weighted by Gasteiger charge is 2.17. The number of carbonyl (C=O) groups is 2. The highest BCUT2D eigenvalue weighted by Crippen LogP contribution is 2.20. The summed E-state index contributed by atoms with van der Waals surface area (Å²) >= 11 is 6.94. The Kier molecular flexibility index (Phi) is 8.56. The van der Waals surface area contributed by atoms with Crippen molar-refractivity contribution in [3.63, 3.8) is 0 Å². The first-order valence-corrected chi connectivity index (χ1v) is 9.92. The third-order valence-corrected chi connectivity index (χ3v) is 4.85. The van der Waals surface area contributed by atoms with Gasteiger partial charge >= 0.3 is 0 Å². The van der Waals surface area contributed by atoms with Gasteiger partial charge in [-0.25, -0.2) is 9.37 Å². The van der Waals surface area contributed by atoms with Crippen LogP contribution in [0.1, 0.15) is 21.9 Å². The van der Waals surface area contributed by atoms with Crippen LogP contribution in [0.5, 0.6) is 5.75 Å². The van der Waals surface area contributed by atoms with Crippen LogP contribution in [0.25, 0.3) is 0 Å². The van der Waals surface area contributed by atoms with Gasteiger partial charge in [0.05, 0.1) is 16.1 Å². The molecule has 2 unspecified atom stereocenters. The summed E-state index contributed by atoms with van der Waals surface area (Å²) in [6.45, 7) is 5.05. The molecule has 0 fully saturated rings. The number of benzene rings is 1. The minimum Gasteiger partial charge on any atom is -0.484 e. The molecule has 29 heavy (non-hydrogen) atoms. The number of aliphatic hydroxyl groups excluding tert-OH is 1. The summed E-state index contributed by atoms with van der Waals surface area (Å²) in [5, 5.41) is 17.7. The van der Waals surface area contributed by atoms with Gasteiger partial charge in [0.1, 0.15) is 17.3 Å². The zero-order valence-corrected chi connectivity index (χ0v) is 17.2. The largest absolute Gasteiger partial charge is 0.484 e. The number of aromatic nitrogens is 1. The average Bonchev–Trinajstić information content (AvgIpc) is 3.13. The highest BCUT2D eigenvalue weighted by atomic mass is 35.5. The van der Waals surface area contributed by atoms with Crippen molar-refractivity contribution in [3.05, 3.63) is 57.8 Å². The number of thiazole rings is 1. The number of rotatable bonds is 10. The van der Waals surface area contributed by atoms with Crippen LogP contribution < -0.4 is 15.4 Å². The van der Waals surface area contributed by atoms with E-state index in [1.165, 1.54) is 29.5 Å². The molecule has 7 nitrogen and oxygen atoms in total. The molecule has 1 aromatic carbocycles. The smallest absolute Gasteiger partial charge is 0.271 e. The van der Waals surface area contributed by atoms with E-state index in [-0.39, 0.29) is 36.3 Å². The molecule has 0 saturated heterocycles. The number of aliphatic hydroxyl groups is 1. The van der Waals surface area contributed by atoms with Crippen LogP contribution in [-0.4, -0.2) is 47.2 Å². The summed E-state index contributed by atoms with van der Waals surface area (Å²) in [6, 6.07) is 3.34. The van der Waals surface area contributed by atoms with Gasteiger partial charge in [-0.3, -0.25) is 9.59 Å². The third kappa shape index (κ3) is 7.45. The fourth-order valence-corrected chi connectivity index (χ4v) is 3.01. The fraction of sp³-hybridized carbons (Fsp3) is 0.316. The summed E-state index contributed by atoms with van der Waals surface area (Å²) in [7, 11) is 0. The van der Waals surface area contributed by atoms with Crippen molar-refractivity contribution in [2.75, 3.05) is 13.2 Å². The van der Waals surface area contributed by atoms with Gasteiger partial charge in [0, 0.05) is 24.0 Å². The van der Waals surface area contributed by atoms with Crippen LogP contribution in [0.4, 0.5) is 4.39 Å². The quantitative estimate of drug-likeness (QED) is 0.492. The van der Waals surface area contributed by atoms with Gasteiger partial charge < -0.3 is 20.5 Å². The van der Waals surface area contributed by atoms with Gasteiger partial charge in [0.25, 0.3) is 11.8 Å². The number of hydrogen-bond acceptors (Lipinski definition) is 6. The standard InChI is InChI=1S/C19H21ClFN3O4S/c1-3-12(24-19(27)17-10-29-11(2)23-17)6-13(25)8-22-18(26)9-28-14-4-5-15(20)16(21)7-14/h3-5,7,10,12-13,25H,1,6,8-9H2,2H3,(H,22,26)(H,24,27). The van der Waals surface area contributed by atoms with Crippen LogP contribution in [0.15, 0.2) is 36.2 Å². The minimum absolute atomic E-state index is 0.0429. The van der Waals surface area contributed by atoms with Crippen LogP contribution in [0, 0.1) is 12.7 Å². The summed E-state index contributed by atoms with van der Waals surface area (Å²) < 4.78 is 18.5. The predicted octanol–water partition coefficient (Wildman–Crippen LogP) is 2.47. The van der Waals surface area contributed by atoms with E-state index in [1.54, 1.807) is 12.3 Å². The maximum atomic E-state index is 13.3. The van der Waals surface area contributed by atoms with E-state index in [4.69, 9.17) is 16.3 Å². The van der Waals surface area contributed by atoms with Crippen LogP contribution in [0.3, 0.4) is 0 Å². The molecule has 0 radical (unpaired) electrons. The van der Waals surface area contributed by atoms with E-state index < -0.39 is 23.9 Å². The first-order valence-electron chi connectivity index (χ1n) is 8.66. The number of nitrogens with zero attached hydrogens (tertiary/aromatic N) is 1. The van der Waals surface area contributed by atoms with E-state index in [1.807, 2.05) is 0 Å². The van der Waals surface area contributed by atoms with Gasteiger partial charge in [0.2, 0.25) is 0 Å². The number of nitrogens with one attached hydrogen (secondary N) is 2. The molecule has 2 amide bonds. The Labute approximate surface area is 176 Å². The molecule has 3 N–H and O–H groups in total. The van der Waals surface area contributed by atoms with E-state index in [2.05, 4.69) is 22.2 Å². The van der Waals surface area contributed by atoms with Crippen molar-refractivity contribution in [2.24, 2.45) is 0 Å². The maximum Gasteiger partial charge on any atom is 0.271 e. The van der Waals surface area contributed by atoms with Gasteiger partial charge in [0.15, 0.2) is 6.61 Å². The SMILES string of the molecule is C=CC(CC(O)CNC(=O)COc1ccc(Cl)c(F)c1)NC(=O)c1csc(C)n1.